The van der Waals surface area contributed by atoms with Gasteiger partial charge in [-0.2, -0.15) is 0 Å². The SMILES string of the molecule is CCCn1nnnc1NCc1cc(Br)c(OCc2c(Cl)cccc2Cl)c(OC)c1. The van der Waals surface area contributed by atoms with Gasteiger partial charge in [-0.1, -0.05) is 41.3 Å². The predicted molar refractivity (Wildman–Crippen MR) is 117 cm³/mol. The zero-order valence-corrected chi connectivity index (χ0v) is 19.1. The quantitative estimate of drug-likeness (QED) is 0.426. The van der Waals surface area contributed by atoms with E-state index < -0.39 is 0 Å². The van der Waals surface area contributed by atoms with Gasteiger partial charge in [-0.25, -0.2) is 4.68 Å². The van der Waals surface area contributed by atoms with E-state index in [1.54, 1.807) is 30.0 Å². The first-order valence-corrected chi connectivity index (χ1v) is 10.5. The van der Waals surface area contributed by atoms with Crippen LogP contribution in [0.15, 0.2) is 34.8 Å². The molecule has 0 aliphatic carbocycles. The molecule has 10 heteroatoms. The predicted octanol–water partition coefficient (Wildman–Crippen LogP) is 5.35. The van der Waals surface area contributed by atoms with Gasteiger partial charge in [-0.15, -0.1) is 0 Å². The van der Waals surface area contributed by atoms with Crippen LogP contribution in [-0.4, -0.2) is 27.3 Å². The van der Waals surface area contributed by atoms with Crippen LogP contribution >= 0.6 is 39.1 Å². The molecule has 3 aromatic rings. The normalized spacial score (nSPS) is 10.8. The Morgan fingerprint density at radius 1 is 1.21 bits per heavy atom. The molecule has 2 aromatic carbocycles. The molecular weight excluding hydrogens is 481 g/mol. The van der Waals surface area contributed by atoms with Gasteiger partial charge >= 0.3 is 0 Å². The highest BCUT2D eigenvalue weighted by atomic mass is 79.9. The second-order valence-corrected chi connectivity index (χ2v) is 7.85. The van der Waals surface area contributed by atoms with Gasteiger partial charge in [0.1, 0.15) is 6.61 Å². The maximum absolute atomic E-state index is 6.23. The zero-order valence-electron chi connectivity index (χ0n) is 16.0. The zero-order chi connectivity index (χ0) is 20.8. The molecule has 0 bridgehead atoms. The highest BCUT2D eigenvalue weighted by Crippen LogP contribution is 2.38. The Kier molecular flexibility index (Phi) is 7.57. The fourth-order valence-electron chi connectivity index (χ4n) is 2.70. The van der Waals surface area contributed by atoms with Gasteiger partial charge < -0.3 is 14.8 Å². The van der Waals surface area contributed by atoms with Crippen molar-refractivity contribution in [2.24, 2.45) is 0 Å². The van der Waals surface area contributed by atoms with E-state index in [-0.39, 0.29) is 6.61 Å². The van der Waals surface area contributed by atoms with Crippen LogP contribution in [-0.2, 0) is 19.7 Å². The summed E-state index contributed by atoms with van der Waals surface area (Å²) in [6.07, 6.45) is 0.945. The summed E-state index contributed by atoms with van der Waals surface area (Å²) >= 11 is 16.0. The van der Waals surface area contributed by atoms with Crippen LogP contribution in [0.1, 0.15) is 24.5 Å². The van der Waals surface area contributed by atoms with E-state index in [1.807, 2.05) is 12.1 Å². The van der Waals surface area contributed by atoms with Crippen molar-refractivity contribution < 1.29 is 9.47 Å². The lowest BCUT2D eigenvalue weighted by molar-refractivity contribution is 0.282. The van der Waals surface area contributed by atoms with Crippen LogP contribution in [0, 0.1) is 0 Å². The van der Waals surface area contributed by atoms with Crippen LogP contribution in [0.4, 0.5) is 5.95 Å². The summed E-state index contributed by atoms with van der Waals surface area (Å²) in [7, 11) is 1.59. The summed E-state index contributed by atoms with van der Waals surface area (Å²) < 4.78 is 14.0. The minimum Gasteiger partial charge on any atom is -0.493 e. The molecule has 29 heavy (non-hydrogen) atoms. The largest absolute Gasteiger partial charge is 0.493 e. The van der Waals surface area contributed by atoms with Crippen molar-refractivity contribution in [1.29, 1.82) is 0 Å². The van der Waals surface area contributed by atoms with E-state index in [0.29, 0.717) is 34.0 Å². The van der Waals surface area contributed by atoms with E-state index in [4.69, 9.17) is 32.7 Å². The van der Waals surface area contributed by atoms with Crippen molar-refractivity contribution in [1.82, 2.24) is 20.2 Å². The van der Waals surface area contributed by atoms with Crippen molar-refractivity contribution in [2.75, 3.05) is 12.4 Å². The van der Waals surface area contributed by atoms with Crippen LogP contribution < -0.4 is 14.8 Å². The minimum absolute atomic E-state index is 0.219. The molecule has 0 unspecified atom stereocenters. The summed E-state index contributed by atoms with van der Waals surface area (Å²) in [5, 5.41) is 16.0. The van der Waals surface area contributed by atoms with Gasteiger partial charge in [0.2, 0.25) is 5.95 Å². The molecule has 1 aromatic heterocycles. The molecule has 7 nitrogen and oxygen atoms in total. The highest BCUT2D eigenvalue weighted by Gasteiger charge is 2.15. The molecule has 3 rings (SSSR count). The number of halogens is 3. The lowest BCUT2D eigenvalue weighted by atomic mass is 10.2. The molecule has 0 saturated carbocycles. The van der Waals surface area contributed by atoms with Gasteiger partial charge in [-0.3, -0.25) is 0 Å². The highest BCUT2D eigenvalue weighted by molar-refractivity contribution is 9.10. The molecule has 0 fully saturated rings. The number of aromatic nitrogens is 4. The maximum atomic E-state index is 6.23. The van der Waals surface area contributed by atoms with Crippen molar-refractivity contribution in [3.63, 3.8) is 0 Å². The number of hydrogen-bond acceptors (Lipinski definition) is 6. The molecular formula is C19H20BrCl2N5O2. The summed E-state index contributed by atoms with van der Waals surface area (Å²) in [5.74, 6) is 1.78. The molecule has 1 N–H and O–H groups in total. The van der Waals surface area contributed by atoms with Crippen LogP contribution in [0.3, 0.4) is 0 Å². The fraction of sp³-hybridized carbons (Fsp3) is 0.316. The number of rotatable bonds is 9. The number of nitrogens with zero attached hydrogens (tertiary/aromatic N) is 4. The Bertz CT molecular complexity index is 963. The standard InChI is InChI=1S/C19H20BrCl2N5O2/c1-3-7-27-19(24-25-26-27)23-10-12-8-14(20)18(17(9-12)28-2)29-11-13-15(21)5-4-6-16(13)22/h4-6,8-9H,3,7,10-11H2,1-2H3,(H,23,24,26). The molecule has 154 valence electrons. The number of anilines is 1. The van der Waals surface area contributed by atoms with Crippen LogP contribution in [0.5, 0.6) is 11.5 Å². The molecule has 0 amide bonds. The first-order valence-electron chi connectivity index (χ1n) is 8.95. The molecule has 0 saturated heterocycles. The number of benzene rings is 2. The van der Waals surface area contributed by atoms with Gasteiger partial charge in [-0.05, 0) is 62.6 Å². The van der Waals surface area contributed by atoms with Gasteiger partial charge in [0.15, 0.2) is 11.5 Å². The lowest BCUT2D eigenvalue weighted by Gasteiger charge is -2.16. The van der Waals surface area contributed by atoms with Crippen LogP contribution in [0.2, 0.25) is 10.0 Å². The molecule has 0 aliphatic rings. The van der Waals surface area contributed by atoms with E-state index >= 15 is 0 Å². The van der Waals surface area contributed by atoms with E-state index in [2.05, 4.69) is 43.7 Å². The third kappa shape index (κ3) is 5.32. The number of methoxy groups -OCH3 is 1. The molecule has 0 spiro atoms. The Hall–Kier alpha value is -2.03. The summed E-state index contributed by atoms with van der Waals surface area (Å²) in [6, 6.07) is 9.20. The number of nitrogens with one attached hydrogen (secondary N) is 1. The number of aryl methyl sites for hydroxylation is 1. The Balaban J connectivity index is 1.74. The molecule has 0 atom stereocenters. The second kappa shape index (κ2) is 10.1. The Labute approximate surface area is 187 Å². The number of hydrogen-bond donors (Lipinski definition) is 1. The van der Waals surface area contributed by atoms with Crippen LogP contribution in [0.25, 0.3) is 0 Å². The number of tetrazole rings is 1. The summed E-state index contributed by atoms with van der Waals surface area (Å²) in [4.78, 5) is 0. The first kappa shape index (κ1) is 21.7. The number of ether oxygens (including phenoxy) is 2. The monoisotopic (exact) mass is 499 g/mol. The maximum Gasteiger partial charge on any atom is 0.243 e. The van der Waals surface area contributed by atoms with Gasteiger partial charge in [0.25, 0.3) is 0 Å². The van der Waals surface area contributed by atoms with Gasteiger partial charge in [0.05, 0.1) is 11.6 Å². The first-order chi connectivity index (χ1) is 14.0. The smallest absolute Gasteiger partial charge is 0.243 e. The Morgan fingerprint density at radius 2 is 1.97 bits per heavy atom. The minimum atomic E-state index is 0.219. The van der Waals surface area contributed by atoms with E-state index in [0.717, 1.165) is 28.6 Å². The van der Waals surface area contributed by atoms with E-state index in [1.165, 1.54) is 0 Å². The average molecular weight is 501 g/mol. The third-order valence-electron chi connectivity index (χ3n) is 4.13. The van der Waals surface area contributed by atoms with Crippen molar-refractivity contribution in [3.05, 3.63) is 56.0 Å². The van der Waals surface area contributed by atoms with E-state index in [9.17, 15) is 0 Å². The fourth-order valence-corrected chi connectivity index (χ4v) is 3.82. The second-order valence-electron chi connectivity index (χ2n) is 6.18. The van der Waals surface area contributed by atoms with Crippen molar-refractivity contribution >= 4 is 45.1 Å². The molecule has 0 radical (unpaired) electrons. The Morgan fingerprint density at radius 3 is 2.66 bits per heavy atom. The summed E-state index contributed by atoms with van der Waals surface area (Å²) in [6.45, 7) is 3.56. The van der Waals surface area contributed by atoms with Crippen molar-refractivity contribution in [3.8, 4) is 11.5 Å². The summed E-state index contributed by atoms with van der Waals surface area (Å²) in [5.41, 5.74) is 1.70. The lowest BCUT2D eigenvalue weighted by Crippen LogP contribution is -2.09. The van der Waals surface area contributed by atoms with Crippen molar-refractivity contribution in [2.45, 2.75) is 33.0 Å². The average Bonchev–Trinajstić information content (AvgIpc) is 3.14. The third-order valence-corrected chi connectivity index (χ3v) is 5.43. The molecule has 1 heterocycles. The molecule has 0 aliphatic heterocycles. The van der Waals surface area contributed by atoms with Gasteiger partial charge in [0, 0.05) is 28.7 Å². The topological polar surface area (TPSA) is 74.1 Å².